The van der Waals surface area contributed by atoms with E-state index in [0.717, 1.165) is 0 Å². The monoisotopic (exact) mass is 384 g/mol. The molecule has 0 aliphatic heterocycles. The van der Waals surface area contributed by atoms with E-state index in [9.17, 15) is 14.4 Å². The molecular formula is C16H17BrO6. The van der Waals surface area contributed by atoms with Crippen molar-refractivity contribution in [2.75, 3.05) is 20.8 Å². The standard InChI is InChI=1S/C16H17BrO6/c1-21-15(19)13(16(20)22-2)12(10-17)8-9-23-14(18)11-6-4-3-5-7-11/h3-7,10,13H,8-9H2,1-2H3/b12-10+. The number of carbonyl (C=O) groups excluding carboxylic acids is 3. The molecule has 0 N–H and O–H groups in total. The van der Waals surface area contributed by atoms with Gasteiger partial charge in [-0.05, 0) is 22.7 Å². The number of carbonyl (C=O) groups is 3. The zero-order valence-corrected chi connectivity index (χ0v) is 14.4. The van der Waals surface area contributed by atoms with Crippen molar-refractivity contribution in [3.8, 4) is 0 Å². The van der Waals surface area contributed by atoms with Crippen molar-refractivity contribution in [2.45, 2.75) is 6.42 Å². The van der Waals surface area contributed by atoms with E-state index in [1.807, 2.05) is 0 Å². The average Bonchev–Trinajstić information content (AvgIpc) is 2.60. The summed E-state index contributed by atoms with van der Waals surface area (Å²) >= 11 is 3.11. The van der Waals surface area contributed by atoms with E-state index >= 15 is 0 Å². The predicted molar refractivity (Wildman–Crippen MR) is 85.9 cm³/mol. The third-order valence-electron chi connectivity index (χ3n) is 3.02. The molecule has 0 fully saturated rings. The number of ether oxygens (including phenoxy) is 3. The van der Waals surface area contributed by atoms with E-state index in [1.165, 1.54) is 19.2 Å². The van der Waals surface area contributed by atoms with Crippen LogP contribution in [0.5, 0.6) is 0 Å². The van der Waals surface area contributed by atoms with Crippen molar-refractivity contribution in [3.63, 3.8) is 0 Å². The molecule has 0 aliphatic rings. The van der Waals surface area contributed by atoms with Crippen molar-refractivity contribution >= 4 is 33.8 Å². The van der Waals surface area contributed by atoms with Crippen LogP contribution in [-0.4, -0.2) is 38.7 Å². The zero-order chi connectivity index (χ0) is 17.2. The van der Waals surface area contributed by atoms with Gasteiger partial charge >= 0.3 is 17.9 Å². The molecule has 0 spiro atoms. The molecule has 1 rings (SSSR count). The van der Waals surface area contributed by atoms with E-state index in [4.69, 9.17) is 4.74 Å². The van der Waals surface area contributed by atoms with Crippen LogP contribution < -0.4 is 0 Å². The van der Waals surface area contributed by atoms with Crippen LogP contribution >= 0.6 is 15.9 Å². The maximum absolute atomic E-state index is 11.8. The van der Waals surface area contributed by atoms with Crippen LogP contribution in [0.25, 0.3) is 0 Å². The highest BCUT2D eigenvalue weighted by atomic mass is 79.9. The molecule has 0 aliphatic carbocycles. The first-order valence-electron chi connectivity index (χ1n) is 6.72. The summed E-state index contributed by atoms with van der Waals surface area (Å²) in [7, 11) is 2.36. The predicted octanol–water partition coefficient (Wildman–Crippen LogP) is 2.47. The normalized spacial score (nSPS) is 11.0. The highest BCUT2D eigenvalue weighted by molar-refractivity contribution is 9.11. The Balaban J connectivity index is 2.67. The second-order valence-corrected chi connectivity index (χ2v) is 4.87. The minimum absolute atomic E-state index is 0.00957. The lowest BCUT2D eigenvalue weighted by atomic mass is 9.98. The summed E-state index contributed by atoms with van der Waals surface area (Å²) < 4.78 is 14.3. The van der Waals surface area contributed by atoms with Crippen molar-refractivity contribution in [1.29, 1.82) is 0 Å². The number of halogens is 1. The van der Waals surface area contributed by atoms with Gasteiger partial charge in [0.1, 0.15) is 0 Å². The Morgan fingerprint density at radius 2 is 1.65 bits per heavy atom. The number of rotatable bonds is 7. The Labute approximate surface area is 142 Å². The number of hydrogen-bond acceptors (Lipinski definition) is 6. The van der Waals surface area contributed by atoms with E-state index in [-0.39, 0.29) is 13.0 Å². The van der Waals surface area contributed by atoms with Gasteiger partial charge < -0.3 is 14.2 Å². The summed E-state index contributed by atoms with van der Waals surface area (Å²) in [5.41, 5.74) is 0.818. The number of esters is 3. The van der Waals surface area contributed by atoms with Gasteiger partial charge in [-0.1, -0.05) is 34.1 Å². The molecule has 0 aromatic heterocycles. The molecule has 0 bridgehead atoms. The summed E-state index contributed by atoms with van der Waals surface area (Å²) in [6.07, 6.45) is 0.179. The van der Waals surface area contributed by atoms with Crippen LogP contribution in [0.15, 0.2) is 40.9 Å². The fourth-order valence-corrected chi connectivity index (χ4v) is 2.31. The van der Waals surface area contributed by atoms with Crippen molar-refractivity contribution in [1.82, 2.24) is 0 Å². The Bertz CT molecular complexity index is 565. The molecule has 1 aromatic carbocycles. The van der Waals surface area contributed by atoms with Gasteiger partial charge in [0, 0.05) is 6.42 Å². The van der Waals surface area contributed by atoms with Crippen molar-refractivity contribution < 1.29 is 28.6 Å². The summed E-state index contributed by atoms with van der Waals surface area (Å²) in [5.74, 6) is -3.15. The van der Waals surface area contributed by atoms with E-state index in [2.05, 4.69) is 25.4 Å². The van der Waals surface area contributed by atoms with Crippen LogP contribution in [0, 0.1) is 5.92 Å². The summed E-state index contributed by atoms with van der Waals surface area (Å²) in [5, 5.41) is 0. The zero-order valence-electron chi connectivity index (χ0n) is 12.8. The minimum atomic E-state index is -1.19. The van der Waals surface area contributed by atoms with Crippen molar-refractivity contribution in [3.05, 3.63) is 46.5 Å². The van der Waals surface area contributed by atoms with Gasteiger partial charge in [0.25, 0.3) is 0 Å². The Hall–Kier alpha value is -2.15. The van der Waals surface area contributed by atoms with E-state index in [0.29, 0.717) is 11.1 Å². The summed E-state index contributed by atoms with van der Waals surface area (Å²) in [6.45, 7) is 0.00957. The minimum Gasteiger partial charge on any atom is -0.468 e. The van der Waals surface area contributed by atoms with Gasteiger partial charge in [0.05, 0.1) is 26.4 Å². The van der Waals surface area contributed by atoms with Gasteiger partial charge in [-0.3, -0.25) is 9.59 Å². The van der Waals surface area contributed by atoms with Gasteiger partial charge in [-0.2, -0.15) is 0 Å². The maximum Gasteiger partial charge on any atom is 0.338 e. The fourth-order valence-electron chi connectivity index (χ4n) is 1.82. The SMILES string of the molecule is COC(=O)C(C(=O)OC)/C(=C/Br)CCOC(=O)c1ccccc1. The molecular weight excluding hydrogens is 368 g/mol. The highest BCUT2D eigenvalue weighted by Gasteiger charge is 2.32. The van der Waals surface area contributed by atoms with E-state index in [1.54, 1.807) is 30.3 Å². The lowest BCUT2D eigenvalue weighted by molar-refractivity contribution is -0.156. The molecule has 0 amide bonds. The third-order valence-corrected chi connectivity index (χ3v) is 3.61. The first kappa shape index (κ1) is 18.9. The van der Waals surface area contributed by atoms with Crippen LogP contribution in [0.1, 0.15) is 16.8 Å². The number of methoxy groups -OCH3 is 2. The molecule has 0 saturated heterocycles. The van der Waals surface area contributed by atoms with Crippen LogP contribution in [0.4, 0.5) is 0 Å². The van der Waals surface area contributed by atoms with Gasteiger partial charge in [-0.15, -0.1) is 0 Å². The topological polar surface area (TPSA) is 78.9 Å². The smallest absolute Gasteiger partial charge is 0.338 e. The third kappa shape index (κ3) is 5.52. The lowest BCUT2D eigenvalue weighted by Crippen LogP contribution is -2.29. The van der Waals surface area contributed by atoms with E-state index < -0.39 is 23.8 Å². The van der Waals surface area contributed by atoms with Crippen LogP contribution in [0.3, 0.4) is 0 Å². The molecule has 124 valence electrons. The molecule has 23 heavy (non-hydrogen) atoms. The molecule has 0 atom stereocenters. The first-order valence-corrected chi connectivity index (χ1v) is 7.63. The summed E-state index contributed by atoms with van der Waals surface area (Å²) in [4.78, 5) is 36.7. The molecule has 0 saturated carbocycles. The maximum atomic E-state index is 11.8. The fraction of sp³-hybridized carbons (Fsp3) is 0.312. The van der Waals surface area contributed by atoms with Crippen LogP contribution in [0.2, 0.25) is 0 Å². The number of hydrogen-bond donors (Lipinski definition) is 0. The van der Waals surface area contributed by atoms with Gasteiger partial charge in [0.2, 0.25) is 0 Å². The summed E-state index contributed by atoms with van der Waals surface area (Å²) in [6, 6.07) is 8.51. The molecule has 0 heterocycles. The average molecular weight is 385 g/mol. The van der Waals surface area contributed by atoms with Gasteiger partial charge in [0.15, 0.2) is 5.92 Å². The highest BCUT2D eigenvalue weighted by Crippen LogP contribution is 2.20. The second-order valence-electron chi connectivity index (χ2n) is 4.42. The Morgan fingerprint density at radius 3 is 2.13 bits per heavy atom. The molecule has 1 aromatic rings. The molecule has 7 heteroatoms. The molecule has 0 radical (unpaired) electrons. The molecule has 6 nitrogen and oxygen atoms in total. The van der Waals surface area contributed by atoms with Crippen LogP contribution in [-0.2, 0) is 23.8 Å². The largest absolute Gasteiger partial charge is 0.468 e. The number of benzene rings is 1. The van der Waals surface area contributed by atoms with Crippen molar-refractivity contribution in [2.24, 2.45) is 5.92 Å². The lowest BCUT2D eigenvalue weighted by Gasteiger charge is -2.15. The Kier molecular flexibility index (Phi) is 8.04. The first-order chi connectivity index (χ1) is 11.0. The second kappa shape index (κ2) is 9.78. The van der Waals surface area contributed by atoms with Gasteiger partial charge in [-0.25, -0.2) is 4.79 Å². The molecule has 0 unspecified atom stereocenters. The Morgan fingerprint density at radius 1 is 1.09 bits per heavy atom. The quantitative estimate of drug-likeness (QED) is 0.408.